The fourth-order valence-electron chi connectivity index (χ4n) is 2.43. The monoisotopic (exact) mass is 312 g/mol. The predicted molar refractivity (Wildman–Crippen MR) is 80.6 cm³/mol. The van der Waals surface area contributed by atoms with Gasteiger partial charge in [0.05, 0.1) is 32.0 Å². The minimum Gasteiger partial charge on any atom is -1.00 e. The first-order valence-electron chi connectivity index (χ1n) is 7.59. The summed E-state index contributed by atoms with van der Waals surface area (Å²) in [5.74, 6) is 0.911. The van der Waals surface area contributed by atoms with Gasteiger partial charge >= 0.3 is 0 Å². The first-order valence-corrected chi connectivity index (χ1v) is 7.59. The first kappa shape index (κ1) is 17.8. The van der Waals surface area contributed by atoms with E-state index in [9.17, 15) is 0 Å². The third kappa shape index (κ3) is 5.21. The summed E-state index contributed by atoms with van der Waals surface area (Å²) in [4.78, 5) is 7.10. The summed E-state index contributed by atoms with van der Waals surface area (Å²) in [7, 11) is 0. The lowest BCUT2D eigenvalue weighted by Gasteiger charge is -2.18. The van der Waals surface area contributed by atoms with Crippen LogP contribution in [0.25, 0.3) is 0 Å². The van der Waals surface area contributed by atoms with Crippen molar-refractivity contribution >= 4 is 5.71 Å². The van der Waals surface area contributed by atoms with Crippen molar-refractivity contribution in [2.24, 2.45) is 5.16 Å². The highest BCUT2D eigenvalue weighted by Crippen LogP contribution is 2.24. The Morgan fingerprint density at radius 2 is 2.00 bits per heavy atom. The molecule has 0 unspecified atom stereocenters. The van der Waals surface area contributed by atoms with Crippen molar-refractivity contribution in [2.45, 2.75) is 26.7 Å². The molecule has 21 heavy (non-hydrogen) atoms. The summed E-state index contributed by atoms with van der Waals surface area (Å²) in [6.45, 7) is 9.32. The highest BCUT2D eigenvalue weighted by Gasteiger charge is 2.16. The van der Waals surface area contributed by atoms with Crippen LogP contribution in [0, 0.1) is 0 Å². The lowest BCUT2D eigenvalue weighted by molar-refractivity contribution is -0.896. The molecule has 0 saturated carbocycles. The van der Waals surface area contributed by atoms with Crippen LogP contribution < -0.4 is 22.0 Å². The quantitative estimate of drug-likeness (QED) is 0.492. The zero-order chi connectivity index (χ0) is 14.2. The second-order valence-corrected chi connectivity index (χ2v) is 5.03. The molecule has 1 aromatic rings. The molecule has 0 bridgehead atoms. The molecule has 0 aromatic heterocycles. The number of ether oxygens (including phenoxy) is 1. The number of oxime groups is 1. The number of benzene rings is 1. The maximum absolute atomic E-state index is 5.60. The van der Waals surface area contributed by atoms with Gasteiger partial charge in [0.1, 0.15) is 12.4 Å². The van der Waals surface area contributed by atoms with Crippen LogP contribution in [0.2, 0.25) is 0 Å². The Labute approximate surface area is 133 Å². The average Bonchev–Trinajstić information content (AvgIpc) is 2.51. The molecule has 0 spiro atoms. The largest absolute Gasteiger partial charge is 1.00 e. The summed E-state index contributed by atoms with van der Waals surface area (Å²) in [5.41, 5.74) is 2.06. The minimum absolute atomic E-state index is 0. The van der Waals surface area contributed by atoms with Gasteiger partial charge in [0.2, 0.25) is 0 Å². The molecule has 5 heteroatoms. The van der Waals surface area contributed by atoms with E-state index in [1.165, 1.54) is 13.1 Å². The van der Waals surface area contributed by atoms with Crippen molar-refractivity contribution in [1.29, 1.82) is 0 Å². The molecular weight excluding hydrogens is 288 g/mol. The van der Waals surface area contributed by atoms with Gasteiger partial charge in [0.15, 0.2) is 0 Å². The molecule has 0 saturated heterocycles. The number of hydrogen-bond acceptors (Lipinski definition) is 3. The number of rotatable bonds is 7. The molecule has 1 aromatic carbocycles. The molecule has 1 aliphatic rings. The summed E-state index contributed by atoms with van der Waals surface area (Å²) >= 11 is 0. The van der Waals surface area contributed by atoms with Crippen molar-refractivity contribution in [1.82, 2.24) is 0 Å². The number of halogens is 1. The molecule has 118 valence electrons. The van der Waals surface area contributed by atoms with Gasteiger partial charge in [-0.25, -0.2) is 0 Å². The lowest BCUT2D eigenvalue weighted by atomic mass is 10.0. The van der Waals surface area contributed by atoms with E-state index in [0.29, 0.717) is 13.2 Å². The van der Waals surface area contributed by atoms with E-state index in [2.05, 4.69) is 19.0 Å². The predicted octanol–water partition coefficient (Wildman–Crippen LogP) is -1.49. The van der Waals surface area contributed by atoms with E-state index in [4.69, 9.17) is 9.57 Å². The average molecular weight is 313 g/mol. The van der Waals surface area contributed by atoms with Crippen LogP contribution >= 0.6 is 0 Å². The fraction of sp³-hybridized carbons (Fsp3) is 0.562. The highest BCUT2D eigenvalue weighted by molar-refractivity contribution is 6.03. The van der Waals surface area contributed by atoms with Gasteiger partial charge in [-0.3, -0.25) is 0 Å². The number of quaternary nitrogens is 1. The van der Waals surface area contributed by atoms with Crippen LogP contribution in [0.3, 0.4) is 0 Å². The highest BCUT2D eigenvalue weighted by atomic mass is 35.5. The molecular formula is C16H25ClN2O2. The molecule has 0 atom stereocenters. The molecule has 0 radical (unpaired) electrons. The second kappa shape index (κ2) is 9.64. The maximum atomic E-state index is 5.60. The van der Waals surface area contributed by atoms with E-state index in [0.717, 1.165) is 36.4 Å². The topological polar surface area (TPSA) is 35.3 Å². The fourth-order valence-corrected chi connectivity index (χ4v) is 2.43. The van der Waals surface area contributed by atoms with Crippen LogP contribution in [0.15, 0.2) is 29.4 Å². The Hall–Kier alpha value is -1.26. The Morgan fingerprint density at radius 1 is 1.24 bits per heavy atom. The Balaban J connectivity index is 0.00000220. The second-order valence-electron chi connectivity index (χ2n) is 5.03. The molecule has 1 heterocycles. The van der Waals surface area contributed by atoms with Gasteiger partial charge in [-0.05, 0) is 26.0 Å². The summed E-state index contributed by atoms with van der Waals surface area (Å²) in [6.07, 6.45) is 1.87. The van der Waals surface area contributed by atoms with E-state index < -0.39 is 0 Å². The van der Waals surface area contributed by atoms with Gasteiger partial charge in [0, 0.05) is 18.4 Å². The van der Waals surface area contributed by atoms with E-state index in [1.54, 1.807) is 4.90 Å². The number of fused-ring (bicyclic) bond motifs is 1. The van der Waals surface area contributed by atoms with Gasteiger partial charge in [-0.1, -0.05) is 17.3 Å². The standard InChI is InChI=1S/C16H24N2O2.ClH/c1-3-18(4-2)11-7-12-20-17-15-10-13-19-16-9-6-5-8-14(15)16;/h5-6,8-9H,3-4,7,10-13H2,1-2H3;1H/b17-15+;. The van der Waals surface area contributed by atoms with Gasteiger partial charge in [-0.2, -0.15) is 0 Å². The van der Waals surface area contributed by atoms with Crippen LogP contribution in [-0.4, -0.2) is 38.6 Å². The number of hydrogen-bond donors (Lipinski definition) is 1. The number of nitrogens with zero attached hydrogens (tertiary/aromatic N) is 1. The van der Waals surface area contributed by atoms with Crippen LogP contribution in [0.5, 0.6) is 5.75 Å². The maximum Gasteiger partial charge on any atom is 0.128 e. The minimum atomic E-state index is 0. The zero-order valence-corrected chi connectivity index (χ0v) is 13.7. The smallest absolute Gasteiger partial charge is 0.128 e. The van der Waals surface area contributed by atoms with Gasteiger partial charge in [0.25, 0.3) is 0 Å². The van der Waals surface area contributed by atoms with Gasteiger partial charge in [-0.15, -0.1) is 0 Å². The number of nitrogens with one attached hydrogen (secondary N) is 1. The summed E-state index contributed by atoms with van der Waals surface area (Å²) in [5, 5.41) is 4.30. The van der Waals surface area contributed by atoms with E-state index in [1.807, 2.05) is 24.3 Å². The molecule has 0 amide bonds. The van der Waals surface area contributed by atoms with Crippen LogP contribution in [0.1, 0.15) is 32.3 Å². The van der Waals surface area contributed by atoms with Crippen molar-refractivity contribution in [3.63, 3.8) is 0 Å². The summed E-state index contributed by atoms with van der Waals surface area (Å²) in [6, 6.07) is 8.01. The lowest BCUT2D eigenvalue weighted by Crippen LogP contribution is -3.11. The Bertz CT molecular complexity index is 448. The third-order valence-electron chi connectivity index (χ3n) is 3.74. The van der Waals surface area contributed by atoms with Crippen molar-refractivity contribution in [2.75, 3.05) is 32.8 Å². The number of para-hydroxylation sites is 1. The normalized spacial score (nSPS) is 15.3. The zero-order valence-electron chi connectivity index (χ0n) is 12.9. The molecule has 1 N–H and O–H groups in total. The first-order chi connectivity index (χ1) is 9.85. The van der Waals surface area contributed by atoms with Crippen LogP contribution in [0.4, 0.5) is 0 Å². The molecule has 1 aliphatic heterocycles. The SMILES string of the molecule is CC[NH+](CC)CCCO/N=C1\CCOc2ccccc21.[Cl-]. The van der Waals surface area contributed by atoms with E-state index >= 15 is 0 Å². The van der Waals surface area contributed by atoms with Crippen LogP contribution in [-0.2, 0) is 4.84 Å². The molecule has 2 rings (SSSR count). The molecule has 0 aliphatic carbocycles. The Kier molecular flexibility index (Phi) is 8.16. The van der Waals surface area contributed by atoms with Crippen molar-refractivity contribution < 1.29 is 26.9 Å². The van der Waals surface area contributed by atoms with Gasteiger partial charge < -0.3 is 26.9 Å². The molecule has 0 fully saturated rings. The van der Waals surface area contributed by atoms with E-state index in [-0.39, 0.29) is 12.4 Å². The molecule has 4 nitrogen and oxygen atoms in total. The van der Waals surface area contributed by atoms with Crippen molar-refractivity contribution in [3.8, 4) is 5.75 Å². The Morgan fingerprint density at radius 3 is 2.76 bits per heavy atom. The van der Waals surface area contributed by atoms with Crippen molar-refractivity contribution in [3.05, 3.63) is 29.8 Å². The summed E-state index contributed by atoms with van der Waals surface area (Å²) < 4.78 is 5.60. The third-order valence-corrected chi connectivity index (χ3v) is 3.74.